The lowest BCUT2D eigenvalue weighted by atomic mass is 9.57. The van der Waals surface area contributed by atoms with E-state index in [0.29, 0.717) is 11.6 Å². The molecule has 4 N–H and O–H groups in total. The molecule has 0 radical (unpaired) electrons. The Morgan fingerprint density at radius 1 is 1.14 bits per heavy atom. The second kappa shape index (κ2) is 6.01. The highest BCUT2D eigenvalue weighted by atomic mass is 16.7. The molecule has 120 valence electrons. The Balaban J connectivity index is 0.00000106. The zero-order valence-electron chi connectivity index (χ0n) is 13.5. The minimum absolute atomic E-state index is 0.0531. The van der Waals surface area contributed by atoms with Crippen molar-refractivity contribution in [1.29, 1.82) is 0 Å². The minimum Gasteiger partial charge on any atom is -0.384 e. The van der Waals surface area contributed by atoms with Crippen molar-refractivity contribution < 1.29 is 20.4 Å². The van der Waals surface area contributed by atoms with Crippen LogP contribution in [-0.2, 0) is 5.60 Å². The molecule has 0 amide bonds. The highest BCUT2D eigenvalue weighted by Crippen LogP contribution is 2.57. The molecule has 1 aromatic heterocycles. The summed E-state index contributed by atoms with van der Waals surface area (Å²) in [6.07, 6.45) is 1.83. The van der Waals surface area contributed by atoms with Gasteiger partial charge in [0.25, 0.3) is 5.97 Å². The van der Waals surface area contributed by atoms with Gasteiger partial charge in [-0.25, -0.2) is 0 Å². The first-order chi connectivity index (χ1) is 9.57. The van der Waals surface area contributed by atoms with Gasteiger partial charge in [0.2, 0.25) is 0 Å². The zero-order valence-corrected chi connectivity index (χ0v) is 13.5. The van der Waals surface area contributed by atoms with E-state index < -0.39 is 17.0 Å². The van der Waals surface area contributed by atoms with Crippen molar-refractivity contribution in [2.45, 2.75) is 65.0 Å². The topological polar surface area (TPSA) is 93.8 Å². The second-order valence-electron chi connectivity index (χ2n) is 6.21. The average Bonchev–Trinajstić information content (AvgIpc) is 2.38. The van der Waals surface area contributed by atoms with Crippen LogP contribution in [0.4, 0.5) is 0 Å². The summed E-state index contributed by atoms with van der Waals surface area (Å²) in [5.41, 5.74) is -0.766. The number of aliphatic hydroxyl groups is 4. The molecule has 1 heterocycles. The molecule has 1 aliphatic carbocycles. The molecule has 1 aromatic rings. The first-order valence-corrected chi connectivity index (χ1v) is 7.43. The van der Waals surface area contributed by atoms with Crippen LogP contribution in [0.3, 0.4) is 0 Å². The summed E-state index contributed by atoms with van der Waals surface area (Å²) in [7, 11) is 0. The van der Waals surface area contributed by atoms with Gasteiger partial charge in [0, 0.05) is 6.20 Å². The van der Waals surface area contributed by atoms with Gasteiger partial charge < -0.3 is 20.4 Å². The molecule has 0 spiro atoms. The Hall–Kier alpha value is -1.01. The van der Waals surface area contributed by atoms with Crippen molar-refractivity contribution >= 4 is 0 Å². The molecule has 0 atom stereocenters. The largest absolute Gasteiger partial charge is 0.384 e. The number of rotatable bonds is 3. The van der Waals surface area contributed by atoms with E-state index in [9.17, 15) is 20.4 Å². The monoisotopic (exact) mass is 297 g/mol. The normalized spacial score (nSPS) is 28.7. The van der Waals surface area contributed by atoms with Crippen LogP contribution in [0, 0.1) is 5.41 Å². The Bertz CT molecular complexity index is 456. The van der Waals surface area contributed by atoms with Crippen LogP contribution >= 0.6 is 0 Å². The molecule has 0 bridgehead atoms. The molecular weight excluding hydrogens is 270 g/mol. The summed E-state index contributed by atoms with van der Waals surface area (Å²) in [5.74, 6) is -2.42. The number of hydrogen-bond acceptors (Lipinski definition) is 5. The van der Waals surface area contributed by atoms with Crippen molar-refractivity contribution in [2.75, 3.05) is 0 Å². The van der Waals surface area contributed by atoms with Gasteiger partial charge in [-0.15, -0.1) is 0 Å². The maximum atomic E-state index is 10.4. The van der Waals surface area contributed by atoms with Gasteiger partial charge in [0.1, 0.15) is 5.60 Å². The van der Waals surface area contributed by atoms with E-state index in [1.807, 2.05) is 19.9 Å². The lowest BCUT2D eigenvalue weighted by molar-refractivity contribution is -0.407. The smallest absolute Gasteiger partial charge is 0.281 e. The molecule has 5 nitrogen and oxygen atoms in total. The van der Waals surface area contributed by atoms with E-state index >= 15 is 0 Å². The molecule has 21 heavy (non-hydrogen) atoms. The van der Waals surface area contributed by atoms with Crippen LogP contribution < -0.4 is 0 Å². The maximum Gasteiger partial charge on any atom is 0.281 e. The van der Waals surface area contributed by atoms with Crippen molar-refractivity contribution in [3.8, 4) is 0 Å². The van der Waals surface area contributed by atoms with Gasteiger partial charge in [-0.1, -0.05) is 40.7 Å². The van der Waals surface area contributed by atoms with Crippen LogP contribution in [0.15, 0.2) is 18.3 Å². The van der Waals surface area contributed by atoms with Crippen molar-refractivity contribution in [3.63, 3.8) is 0 Å². The van der Waals surface area contributed by atoms with Crippen LogP contribution in [0.2, 0.25) is 0 Å². The molecule has 0 aromatic carbocycles. The Kier molecular flexibility index (Phi) is 5.16. The van der Waals surface area contributed by atoms with Gasteiger partial charge in [-0.3, -0.25) is 4.98 Å². The van der Waals surface area contributed by atoms with E-state index in [2.05, 4.69) is 18.8 Å². The summed E-state index contributed by atoms with van der Waals surface area (Å²) in [5, 5.41) is 38.2. The Morgan fingerprint density at radius 3 is 2.00 bits per heavy atom. The van der Waals surface area contributed by atoms with E-state index in [1.165, 1.54) is 6.92 Å². The highest BCUT2D eigenvalue weighted by molar-refractivity contribution is 5.25. The first-order valence-electron chi connectivity index (χ1n) is 7.43. The van der Waals surface area contributed by atoms with Crippen LogP contribution in [0.5, 0.6) is 0 Å². The van der Waals surface area contributed by atoms with E-state index in [4.69, 9.17) is 0 Å². The highest BCUT2D eigenvalue weighted by Gasteiger charge is 2.62. The molecule has 1 aliphatic rings. The lowest BCUT2D eigenvalue weighted by Gasteiger charge is -2.54. The van der Waals surface area contributed by atoms with Crippen molar-refractivity contribution in [3.05, 3.63) is 29.6 Å². The molecule has 0 unspecified atom stereocenters. The molecule has 0 saturated heterocycles. The van der Waals surface area contributed by atoms with Crippen molar-refractivity contribution in [1.82, 2.24) is 4.98 Å². The fraction of sp³-hybridized carbons (Fsp3) is 0.688. The molecule has 1 saturated carbocycles. The van der Waals surface area contributed by atoms with E-state index in [1.54, 1.807) is 12.3 Å². The molecule has 5 heteroatoms. The average molecular weight is 297 g/mol. The predicted octanol–water partition coefficient (Wildman–Crippen LogP) is 1.85. The fourth-order valence-electron chi connectivity index (χ4n) is 2.68. The van der Waals surface area contributed by atoms with Crippen LogP contribution in [0.25, 0.3) is 0 Å². The number of aromatic nitrogens is 1. The van der Waals surface area contributed by atoms with Gasteiger partial charge in [-0.05, 0) is 30.4 Å². The maximum absolute atomic E-state index is 10.4. The van der Waals surface area contributed by atoms with Gasteiger partial charge in [0.05, 0.1) is 11.1 Å². The molecular formula is C16H27NO4. The minimum atomic E-state index is -2.78. The number of pyridine rings is 1. The van der Waals surface area contributed by atoms with E-state index in [-0.39, 0.29) is 12.8 Å². The summed E-state index contributed by atoms with van der Waals surface area (Å²) in [4.78, 5) is 4.25. The third-order valence-electron chi connectivity index (χ3n) is 4.10. The van der Waals surface area contributed by atoms with Gasteiger partial charge >= 0.3 is 0 Å². The standard InChI is InChI=1S/C14H21NO4.C2H6/c1-9(2)10-4-5-11(15-6-10)13(16)7-12(3,8-13)14(17,18)19;1-2/h4-6,9,16-19H,7-8H2,1-3H3;1-2H3. The summed E-state index contributed by atoms with van der Waals surface area (Å²) < 4.78 is 0. The zero-order chi connectivity index (χ0) is 16.5. The van der Waals surface area contributed by atoms with Crippen LogP contribution in [-0.4, -0.2) is 31.4 Å². The Labute approximate surface area is 126 Å². The number of nitrogens with zero attached hydrogens (tertiary/aromatic N) is 1. The SMILES string of the molecule is CC.CC(C)c1ccc(C2(O)CC(C)(C(O)(O)O)C2)nc1. The third kappa shape index (κ3) is 3.43. The number of hydrogen-bond donors (Lipinski definition) is 4. The lowest BCUT2D eigenvalue weighted by Crippen LogP contribution is -2.60. The molecule has 1 fully saturated rings. The molecule has 2 rings (SSSR count). The fourth-order valence-corrected chi connectivity index (χ4v) is 2.68. The van der Waals surface area contributed by atoms with Gasteiger partial charge in [0.15, 0.2) is 0 Å². The van der Waals surface area contributed by atoms with Gasteiger partial charge in [-0.2, -0.15) is 0 Å². The summed E-state index contributed by atoms with van der Waals surface area (Å²) in [6, 6.07) is 3.66. The molecule has 0 aliphatic heterocycles. The Morgan fingerprint density at radius 2 is 1.67 bits per heavy atom. The van der Waals surface area contributed by atoms with E-state index in [0.717, 1.165) is 5.56 Å². The first kappa shape index (κ1) is 18.0. The predicted molar refractivity (Wildman–Crippen MR) is 80.3 cm³/mol. The third-order valence-corrected chi connectivity index (χ3v) is 4.10. The van der Waals surface area contributed by atoms with Crippen LogP contribution in [0.1, 0.15) is 64.6 Å². The summed E-state index contributed by atoms with van der Waals surface area (Å²) >= 11 is 0. The quantitative estimate of drug-likeness (QED) is 0.639. The second-order valence-corrected chi connectivity index (χ2v) is 6.21. The summed E-state index contributed by atoms with van der Waals surface area (Å²) in [6.45, 7) is 9.64. The van der Waals surface area contributed by atoms with Crippen molar-refractivity contribution in [2.24, 2.45) is 5.41 Å².